The molecule has 2 amide bonds. The van der Waals surface area contributed by atoms with Gasteiger partial charge in [0.25, 0.3) is 5.91 Å². The summed E-state index contributed by atoms with van der Waals surface area (Å²) in [5.41, 5.74) is 4.54. The molecule has 27 heavy (non-hydrogen) atoms. The molecule has 0 bridgehead atoms. The zero-order valence-corrected chi connectivity index (χ0v) is 16.2. The van der Waals surface area contributed by atoms with E-state index in [1.54, 1.807) is 19.2 Å². The highest BCUT2D eigenvalue weighted by Gasteiger charge is 2.20. The van der Waals surface area contributed by atoms with Crippen LogP contribution in [0, 0.1) is 0 Å². The van der Waals surface area contributed by atoms with Gasteiger partial charge in [-0.1, -0.05) is 6.07 Å². The first-order chi connectivity index (χ1) is 13.0. The summed E-state index contributed by atoms with van der Waals surface area (Å²) in [6.07, 6.45) is 3.54. The predicted octanol–water partition coefficient (Wildman–Crippen LogP) is 2.34. The van der Waals surface area contributed by atoms with Crippen molar-refractivity contribution < 1.29 is 9.59 Å². The lowest BCUT2D eigenvalue weighted by Crippen LogP contribution is -2.33. The predicted molar refractivity (Wildman–Crippen MR) is 107 cm³/mol. The lowest BCUT2D eigenvalue weighted by Gasteiger charge is -2.28. The molecule has 1 aliphatic rings. The Bertz CT molecular complexity index is 831. The van der Waals surface area contributed by atoms with E-state index in [-0.39, 0.29) is 11.8 Å². The highest BCUT2D eigenvalue weighted by Crippen LogP contribution is 2.31. The van der Waals surface area contributed by atoms with Crippen molar-refractivity contribution in [3.05, 3.63) is 47.7 Å². The first-order valence-electron chi connectivity index (χ1n) is 9.26. The number of fused-ring (bicyclic) bond motifs is 1. The number of nitrogens with zero attached hydrogens (tertiary/aromatic N) is 3. The number of pyridine rings is 1. The maximum Gasteiger partial charge on any atom is 0.252 e. The Morgan fingerprint density at radius 1 is 1.22 bits per heavy atom. The third-order valence-corrected chi connectivity index (χ3v) is 4.74. The molecule has 0 aliphatic carbocycles. The summed E-state index contributed by atoms with van der Waals surface area (Å²) in [6, 6.07) is 9.75. The summed E-state index contributed by atoms with van der Waals surface area (Å²) < 4.78 is 0. The minimum atomic E-state index is -0.113. The van der Waals surface area contributed by atoms with Crippen LogP contribution in [-0.4, -0.2) is 55.4 Å². The van der Waals surface area contributed by atoms with Gasteiger partial charge < -0.3 is 15.1 Å². The topological polar surface area (TPSA) is 65.5 Å². The molecule has 1 aliphatic heterocycles. The van der Waals surface area contributed by atoms with Gasteiger partial charge in [0.15, 0.2) is 0 Å². The Balaban J connectivity index is 1.74. The monoisotopic (exact) mass is 366 g/mol. The molecule has 1 aromatic heterocycles. The summed E-state index contributed by atoms with van der Waals surface area (Å²) in [7, 11) is 3.94. The molecule has 3 rings (SSSR count). The molecule has 2 heterocycles. The molecule has 0 fully saturated rings. The maximum atomic E-state index is 12.2. The van der Waals surface area contributed by atoms with Crippen LogP contribution in [0.15, 0.2) is 36.5 Å². The molecular formula is C21H26N4O2. The standard InChI is InChI=1S/C21H26N4O2/c1-15(26)25-11-4-5-17-13-16(7-9-20(17)25)19-8-6-18(14-23-19)21(27)22-10-12-24(2)3/h6-9,13-14H,4-5,10-12H2,1-3H3,(H,22,27). The SMILES string of the molecule is CC(=O)N1CCCc2cc(-c3ccc(C(=O)NCCN(C)C)cn3)ccc21. The number of aromatic nitrogens is 1. The quantitative estimate of drug-likeness (QED) is 0.882. The van der Waals surface area contributed by atoms with E-state index in [1.807, 2.05) is 42.1 Å². The van der Waals surface area contributed by atoms with Gasteiger partial charge in [-0.25, -0.2) is 0 Å². The first-order valence-corrected chi connectivity index (χ1v) is 9.26. The number of carbonyl (C=O) groups is 2. The van der Waals surface area contributed by atoms with Crippen LogP contribution in [0.2, 0.25) is 0 Å². The molecule has 2 aromatic rings. The highest BCUT2D eigenvalue weighted by molar-refractivity contribution is 5.94. The van der Waals surface area contributed by atoms with Crippen LogP contribution in [0.4, 0.5) is 5.69 Å². The number of hydrogen-bond donors (Lipinski definition) is 1. The lowest BCUT2D eigenvalue weighted by molar-refractivity contribution is -0.116. The van der Waals surface area contributed by atoms with Gasteiger partial charge >= 0.3 is 0 Å². The normalized spacial score (nSPS) is 13.4. The van der Waals surface area contributed by atoms with E-state index >= 15 is 0 Å². The molecule has 142 valence electrons. The smallest absolute Gasteiger partial charge is 0.252 e. The van der Waals surface area contributed by atoms with Crippen molar-refractivity contribution in [3.8, 4) is 11.3 Å². The summed E-state index contributed by atoms with van der Waals surface area (Å²) in [5.74, 6) is -0.0371. The van der Waals surface area contributed by atoms with Crippen molar-refractivity contribution in [1.29, 1.82) is 0 Å². The maximum absolute atomic E-state index is 12.2. The lowest BCUT2D eigenvalue weighted by atomic mass is 9.97. The summed E-state index contributed by atoms with van der Waals surface area (Å²) >= 11 is 0. The molecule has 0 saturated heterocycles. The molecule has 6 nitrogen and oxygen atoms in total. The van der Waals surface area contributed by atoms with Crippen molar-refractivity contribution in [2.24, 2.45) is 0 Å². The van der Waals surface area contributed by atoms with Gasteiger partial charge in [-0.3, -0.25) is 14.6 Å². The summed E-state index contributed by atoms with van der Waals surface area (Å²) in [4.78, 5) is 32.3. The fourth-order valence-electron chi connectivity index (χ4n) is 3.28. The molecule has 0 spiro atoms. The number of rotatable bonds is 5. The van der Waals surface area contributed by atoms with Crippen molar-refractivity contribution in [1.82, 2.24) is 15.2 Å². The second-order valence-electron chi connectivity index (χ2n) is 7.11. The molecule has 1 N–H and O–H groups in total. The molecule has 0 radical (unpaired) electrons. The third-order valence-electron chi connectivity index (χ3n) is 4.74. The Kier molecular flexibility index (Phi) is 5.86. The van der Waals surface area contributed by atoms with Crippen LogP contribution in [0.5, 0.6) is 0 Å². The summed E-state index contributed by atoms with van der Waals surface area (Å²) in [5, 5.41) is 2.89. The van der Waals surface area contributed by atoms with Gasteiger partial charge in [-0.2, -0.15) is 0 Å². The van der Waals surface area contributed by atoms with Crippen molar-refractivity contribution in [2.45, 2.75) is 19.8 Å². The van der Waals surface area contributed by atoms with Crippen molar-refractivity contribution in [2.75, 3.05) is 38.6 Å². The number of nitrogens with one attached hydrogen (secondary N) is 1. The van der Waals surface area contributed by atoms with Gasteiger partial charge in [0.2, 0.25) is 5.91 Å². The second kappa shape index (κ2) is 8.31. The molecule has 0 atom stereocenters. The average Bonchev–Trinajstić information content (AvgIpc) is 2.66. The number of anilines is 1. The van der Waals surface area contributed by atoms with Crippen LogP contribution >= 0.6 is 0 Å². The highest BCUT2D eigenvalue weighted by atomic mass is 16.2. The molecule has 6 heteroatoms. The van der Waals surface area contributed by atoms with Crippen molar-refractivity contribution >= 4 is 17.5 Å². The van der Waals surface area contributed by atoms with Crippen LogP contribution in [0.1, 0.15) is 29.3 Å². The van der Waals surface area contributed by atoms with Gasteiger partial charge in [0.05, 0.1) is 11.3 Å². The zero-order valence-electron chi connectivity index (χ0n) is 16.2. The van der Waals surface area contributed by atoms with E-state index in [0.717, 1.165) is 42.9 Å². The fraction of sp³-hybridized carbons (Fsp3) is 0.381. The largest absolute Gasteiger partial charge is 0.351 e. The van der Waals surface area contributed by atoms with Crippen LogP contribution in [0.3, 0.4) is 0 Å². The van der Waals surface area contributed by atoms with Gasteiger partial charge in [-0.15, -0.1) is 0 Å². The van der Waals surface area contributed by atoms with Crippen LogP contribution in [0.25, 0.3) is 11.3 Å². The molecule has 1 aromatic carbocycles. The number of hydrogen-bond acceptors (Lipinski definition) is 4. The van der Waals surface area contributed by atoms with E-state index in [1.165, 1.54) is 5.56 Å². The Morgan fingerprint density at radius 3 is 2.70 bits per heavy atom. The average molecular weight is 366 g/mol. The van der Waals surface area contributed by atoms with Crippen LogP contribution in [-0.2, 0) is 11.2 Å². The number of amides is 2. The minimum Gasteiger partial charge on any atom is -0.351 e. The third kappa shape index (κ3) is 4.52. The van der Waals surface area contributed by atoms with E-state index in [2.05, 4.69) is 16.4 Å². The van der Waals surface area contributed by atoms with E-state index in [9.17, 15) is 9.59 Å². The van der Waals surface area contributed by atoms with Gasteiger partial charge in [0, 0.05) is 44.0 Å². The Morgan fingerprint density at radius 2 is 2.04 bits per heavy atom. The van der Waals surface area contributed by atoms with E-state index in [0.29, 0.717) is 12.1 Å². The second-order valence-corrected chi connectivity index (χ2v) is 7.11. The van der Waals surface area contributed by atoms with E-state index < -0.39 is 0 Å². The van der Waals surface area contributed by atoms with E-state index in [4.69, 9.17) is 0 Å². The number of likely N-dealkylation sites (N-methyl/N-ethyl adjacent to an activating group) is 1. The molecule has 0 saturated carbocycles. The number of aryl methyl sites for hydroxylation is 1. The molecular weight excluding hydrogens is 340 g/mol. The fourth-order valence-corrected chi connectivity index (χ4v) is 3.28. The Hall–Kier alpha value is -2.73. The summed E-state index contributed by atoms with van der Waals surface area (Å²) in [6.45, 7) is 3.78. The zero-order chi connectivity index (χ0) is 19.4. The molecule has 0 unspecified atom stereocenters. The van der Waals surface area contributed by atoms with Gasteiger partial charge in [-0.05, 0) is 56.8 Å². The number of benzene rings is 1. The van der Waals surface area contributed by atoms with Crippen molar-refractivity contribution in [3.63, 3.8) is 0 Å². The van der Waals surface area contributed by atoms with Crippen LogP contribution < -0.4 is 10.2 Å². The van der Waals surface area contributed by atoms with Gasteiger partial charge in [0.1, 0.15) is 0 Å². The number of carbonyl (C=O) groups excluding carboxylic acids is 2. The minimum absolute atomic E-state index is 0.0754. The first kappa shape index (κ1) is 19.0. The Labute approximate surface area is 160 Å².